The molecule has 2 N–H and O–H groups in total. The second-order valence-electron chi connectivity index (χ2n) is 5.70. The Morgan fingerprint density at radius 1 is 1.27 bits per heavy atom. The first-order valence-corrected chi connectivity index (χ1v) is 8.80. The van der Waals surface area contributed by atoms with Crippen LogP contribution >= 0.6 is 11.8 Å². The smallest absolute Gasteiger partial charge is 0.434 e. The van der Waals surface area contributed by atoms with Crippen LogP contribution in [0.3, 0.4) is 0 Å². The van der Waals surface area contributed by atoms with Gasteiger partial charge in [-0.05, 0) is 36.4 Å². The molecule has 6 nitrogen and oxygen atoms in total. The first-order chi connectivity index (χ1) is 12.3. The van der Waals surface area contributed by atoms with Crippen LogP contribution in [0.2, 0.25) is 0 Å². The molecule has 2 heterocycles. The zero-order chi connectivity index (χ0) is 18.9. The van der Waals surface area contributed by atoms with Crippen molar-refractivity contribution in [1.82, 2.24) is 15.1 Å². The van der Waals surface area contributed by atoms with E-state index in [-0.39, 0.29) is 17.6 Å². The summed E-state index contributed by atoms with van der Waals surface area (Å²) < 4.78 is 40.2. The Labute approximate surface area is 150 Å². The second-order valence-corrected chi connectivity index (χ2v) is 6.85. The fraction of sp³-hybridized carbons (Fsp3) is 0.312. The van der Waals surface area contributed by atoms with E-state index in [9.17, 15) is 22.8 Å². The highest BCUT2D eigenvalue weighted by atomic mass is 32.2. The third-order valence-electron chi connectivity index (χ3n) is 3.91. The minimum Gasteiger partial charge on any atom is -0.478 e. The summed E-state index contributed by atoms with van der Waals surface area (Å²) in [5.74, 6) is -0.194. The van der Waals surface area contributed by atoms with Gasteiger partial charge in [0, 0.05) is 17.4 Å². The molecule has 3 rings (SSSR count). The minimum atomic E-state index is -4.89. The molecule has 10 heteroatoms. The molecule has 1 aromatic carbocycles. The molecule has 1 atom stereocenters. The van der Waals surface area contributed by atoms with Crippen molar-refractivity contribution in [2.24, 2.45) is 0 Å². The van der Waals surface area contributed by atoms with E-state index in [4.69, 9.17) is 5.11 Å². The van der Waals surface area contributed by atoms with Crippen molar-refractivity contribution in [2.45, 2.75) is 18.6 Å². The zero-order valence-electron chi connectivity index (χ0n) is 13.3. The van der Waals surface area contributed by atoms with Gasteiger partial charge < -0.3 is 10.4 Å². The van der Waals surface area contributed by atoms with Crippen LogP contribution in [0.1, 0.15) is 32.8 Å². The summed E-state index contributed by atoms with van der Waals surface area (Å²) in [7, 11) is 0. The number of hydrogen-bond donors (Lipinski definition) is 2. The minimum absolute atomic E-state index is 0.0118. The lowest BCUT2D eigenvalue weighted by molar-refractivity contribution is -0.143. The van der Waals surface area contributed by atoms with Crippen LogP contribution in [0.5, 0.6) is 0 Å². The van der Waals surface area contributed by atoms with Crippen molar-refractivity contribution in [1.29, 1.82) is 0 Å². The predicted octanol–water partition coefficient (Wildman–Crippen LogP) is 2.82. The highest BCUT2D eigenvalue weighted by molar-refractivity contribution is 7.99. The molecule has 2 aromatic rings. The Kier molecular flexibility index (Phi) is 4.94. The summed E-state index contributed by atoms with van der Waals surface area (Å²) in [5, 5.41) is 15.3. The van der Waals surface area contributed by atoms with Crippen molar-refractivity contribution in [3.05, 3.63) is 47.3 Å². The fourth-order valence-electron chi connectivity index (χ4n) is 2.64. The lowest BCUT2D eigenvalue weighted by Gasteiger charge is -2.13. The van der Waals surface area contributed by atoms with Gasteiger partial charge in [-0.15, -0.1) is 0 Å². The van der Waals surface area contributed by atoms with E-state index in [0.717, 1.165) is 17.9 Å². The van der Waals surface area contributed by atoms with Gasteiger partial charge >= 0.3 is 12.1 Å². The van der Waals surface area contributed by atoms with Gasteiger partial charge in [0.25, 0.3) is 5.91 Å². The third kappa shape index (κ3) is 3.69. The first-order valence-electron chi connectivity index (χ1n) is 7.65. The van der Waals surface area contributed by atoms with E-state index in [2.05, 4.69) is 10.4 Å². The van der Waals surface area contributed by atoms with E-state index < -0.39 is 23.4 Å². The molecule has 0 radical (unpaired) electrons. The Hall–Kier alpha value is -2.49. The van der Waals surface area contributed by atoms with Crippen molar-refractivity contribution in [3.63, 3.8) is 0 Å². The van der Waals surface area contributed by atoms with Crippen LogP contribution in [0.25, 0.3) is 5.69 Å². The molecule has 1 amide bonds. The molecule has 1 aliphatic heterocycles. The maximum atomic E-state index is 13.2. The molecule has 1 aliphatic rings. The summed E-state index contributed by atoms with van der Waals surface area (Å²) in [6.45, 7) is 0. The topological polar surface area (TPSA) is 84.2 Å². The normalized spacial score (nSPS) is 17.3. The molecule has 1 saturated heterocycles. The highest BCUT2D eigenvalue weighted by Gasteiger charge is 2.40. The van der Waals surface area contributed by atoms with Crippen molar-refractivity contribution < 1.29 is 27.9 Å². The molecule has 1 fully saturated rings. The maximum Gasteiger partial charge on any atom is 0.434 e. The monoisotopic (exact) mass is 385 g/mol. The number of amides is 1. The van der Waals surface area contributed by atoms with Gasteiger partial charge in [-0.25, -0.2) is 9.48 Å². The molecule has 0 saturated carbocycles. The number of nitrogens with zero attached hydrogens (tertiary/aromatic N) is 2. The number of carbonyl (C=O) groups is 2. The van der Waals surface area contributed by atoms with Crippen LogP contribution in [-0.4, -0.2) is 44.3 Å². The molecule has 26 heavy (non-hydrogen) atoms. The number of aromatic carboxylic acids is 1. The van der Waals surface area contributed by atoms with Crippen LogP contribution < -0.4 is 5.32 Å². The van der Waals surface area contributed by atoms with Crippen LogP contribution in [0.4, 0.5) is 13.2 Å². The number of carbonyl (C=O) groups excluding carboxylic acids is 1. The van der Waals surface area contributed by atoms with Crippen LogP contribution in [0, 0.1) is 0 Å². The van der Waals surface area contributed by atoms with Gasteiger partial charge in [0.05, 0.1) is 11.9 Å². The molecule has 0 aliphatic carbocycles. The average molecular weight is 385 g/mol. The van der Waals surface area contributed by atoms with E-state index in [1.165, 1.54) is 24.3 Å². The van der Waals surface area contributed by atoms with Gasteiger partial charge in [0.15, 0.2) is 5.69 Å². The number of benzene rings is 1. The second kappa shape index (κ2) is 7.02. The van der Waals surface area contributed by atoms with Crippen LogP contribution in [0.15, 0.2) is 30.5 Å². The average Bonchev–Trinajstić information content (AvgIpc) is 3.23. The van der Waals surface area contributed by atoms with E-state index in [0.29, 0.717) is 16.4 Å². The SMILES string of the molecule is O=C(NC1CCSC1)c1ccc(-n2ncc(C(=O)O)c2C(F)(F)F)cc1. The number of halogens is 3. The summed E-state index contributed by atoms with van der Waals surface area (Å²) in [4.78, 5) is 23.2. The van der Waals surface area contributed by atoms with E-state index in [1.54, 1.807) is 11.8 Å². The predicted molar refractivity (Wildman–Crippen MR) is 88.7 cm³/mol. The number of thioether (sulfide) groups is 1. The number of alkyl halides is 3. The molecule has 1 unspecified atom stereocenters. The summed E-state index contributed by atoms with van der Waals surface area (Å²) in [6.07, 6.45) is -3.35. The molecule has 0 bridgehead atoms. The number of rotatable bonds is 4. The molecular formula is C16H14F3N3O3S. The lowest BCUT2D eigenvalue weighted by Crippen LogP contribution is -2.34. The van der Waals surface area contributed by atoms with Crippen molar-refractivity contribution in [2.75, 3.05) is 11.5 Å². The Bertz CT molecular complexity index is 828. The fourth-order valence-corrected chi connectivity index (χ4v) is 3.80. The van der Waals surface area contributed by atoms with E-state index >= 15 is 0 Å². The van der Waals surface area contributed by atoms with Gasteiger partial charge in [0.2, 0.25) is 0 Å². The number of hydrogen-bond acceptors (Lipinski definition) is 4. The van der Waals surface area contributed by atoms with Gasteiger partial charge in [-0.1, -0.05) is 0 Å². The summed E-state index contributed by atoms with van der Waals surface area (Å²) >= 11 is 1.75. The molecule has 1 aromatic heterocycles. The Morgan fingerprint density at radius 2 is 1.96 bits per heavy atom. The Morgan fingerprint density at radius 3 is 2.50 bits per heavy atom. The zero-order valence-corrected chi connectivity index (χ0v) is 14.1. The number of aromatic nitrogens is 2. The number of carboxylic acids is 1. The molecular weight excluding hydrogens is 371 g/mol. The van der Waals surface area contributed by atoms with Gasteiger partial charge in [0.1, 0.15) is 5.56 Å². The lowest BCUT2D eigenvalue weighted by atomic mass is 10.1. The highest BCUT2D eigenvalue weighted by Crippen LogP contribution is 2.33. The molecule has 138 valence electrons. The quantitative estimate of drug-likeness (QED) is 0.846. The maximum absolute atomic E-state index is 13.2. The van der Waals surface area contributed by atoms with Crippen molar-refractivity contribution in [3.8, 4) is 5.69 Å². The third-order valence-corrected chi connectivity index (χ3v) is 5.07. The summed E-state index contributed by atoms with van der Waals surface area (Å²) in [5.41, 5.74) is -1.98. The largest absolute Gasteiger partial charge is 0.478 e. The number of nitrogens with one attached hydrogen (secondary N) is 1. The Balaban J connectivity index is 1.87. The van der Waals surface area contributed by atoms with Crippen molar-refractivity contribution >= 4 is 23.6 Å². The van der Waals surface area contributed by atoms with Gasteiger partial charge in [-0.2, -0.15) is 30.0 Å². The number of carboxylic acid groups (broad SMARTS) is 1. The standard InChI is InChI=1S/C16H14F3N3O3S/c17-16(18,19)13-12(15(24)25)7-20-22(13)11-3-1-9(2-4-11)14(23)21-10-5-6-26-8-10/h1-4,7,10H,5-6,8H2,(H,21,23)(H,24,25). The van der Waals surface area contributed by atoms with E-state index in [1.807, 2.05) is 0 Å². The first kappa shape index (κ1) is 18.3. The van der Waals surface area contributed by atoms with Crippen LogP contribution in [-0.2, 0) is 6.18 Å². The molecule has 0 spiro atoms. The summed E-state index contributed by atoms with van der Waals surface area (Å²) in [6, 6.07) is 5.45. The van der Waals surface area contributed by atoms with Gasteiger partial charge in [-0.3, -0.25) is 4.79 Å².